The maximum atomic E-state index is 12.8. The van der Waals surface area contributed by atoms with Crippen molar-refractivity contribution in [2.24, 2.45) is 17.8 Å². The van der Waals surface area contributed by atoms with Gasteiger partial charge in [0.05, 0.1) is 41.6 Å². The topological polar surface area (TPSA) is 208 Å². The molecule has 6 rings (SSSR count). The molecule has 2 radical (unpaired) electrons. The Balaban J connectivity index is 1.22. The van der Waals surface area contributed by atoms with Crippen LogP contribution >= 0.6 is 0 Å². The molecule has 2 saturated heterocycles. The summed E-state index contributed by atoms with van der Waals surface area (Å²) in [6, 6.07) is 6.51. The molecule has 2 amide bonds. The Hall–Kier alpha value is -3.97. The second-order valence-electron chi connectivity index (χ2n) is 11.4. The fourth-order valence-corrected chi connectivity index (χ4v) is 6.50. The summed E-state index contributed by atoms with van der Waals surface area (Å²) in [6.07, 6.45) is 3.27. The number of rotatable bonds is 11. The average Bonchev–Trinajstić information content (AvgIpc) is 3.43. The molecule has 3 aromatic rings. The molecule has 3 aliphatic rings. The Kier molecular flexibility index (Phi) is 8.58. The van der Waals surface area contributed by atoms with Crippen molar-refractivity contribution in [2.45, 2.75) is 25.2 Å². The first-order chi connectivity index (χ1) is 21.5. The number of para-hydroxylation sites is 1. The number of likely N-dealkylation sites (tertiary alicyclic amines) is 1. The summed E-state index contributed by atoms with van der Waals surface area (Å²) >= 11 is 0. The zero-order valence-corrected chi connectivity index (χ0v) is 25.4. The summed E-state index contributed by atoms with van der Waals surface area (Å²) in [7, 11) is 5.63. The van der Waals surface area contributed by atoms with Gasteiger partial charge in [-0.15, -0.1) is 10.2 Å². The van der Waals surface area contributed by atoms with Gasteiger partial charge in [0.25, 0.3) is 11.8 Å². The third kappa shape index (κ3) is 7.14. The molecule has 18 heteroatoms. The number of carbonyl (C=O) groups is 2. The van der Waals surface area contributed by atoms with Crippen LogP contribution in [-0.4, -0.2) is 109 Å². The summed E-state index contributed by atoms with van der Waals surface area (Å²) in [5, 5.41) is 38.5. The number of aliphatic hydroxyl groups is 2. The number of nitrogens with one attached hydrogen (secondary N) is 3. The molecule has 2 aliphatic heterocycles. The maximum absolute atomic E-state index is 12.8. The lowest BCUT2D eigenvalue weighted by atomic mass is 10.0. The molecule has 1 saturated carbocycles. The first-order valence-corrected chi connectivity index (χ1v) is 15.8. The van der Waals surface area contributed by atoms with Crippen molar-refractivity contribution in [3.05, 3.63) is 35.8 Å². The van der Waals surface area contributed by atoms with Crippen LogP contribution in [0.15, 0.2) is 28.8 Å². The smallest absolute Gasteiger partial charge is 0.277 e. The van der Waals surface area contributed by atoms with Crippen LogP contribution in [0.4, 0.5) is 17.2 Å². The van der Waals surface area contributed by atoms with Crippen LogP contribution in [0.5, 0.6) is 5.75 Å². The van der Waals surface area contributed by atoms with Gasteiger partial charge in [-0.1, -0.05) is 11.2 Å². The van der Waals surface area contributed by atoms with Crippen LogP contribution in [0.3, 0.4) is 0 Å². The van der Waals surface area contributed by atoms with Crippen LogP contribution in [0.2, 0.25) is 0 Å². The molecule has 1 aliphatic carbocycles. The van der Waals surface area contributed by atoms with Gasteiger partial charge in [0.2, 0.25) is 5.91 Å². The Labute approximate surface area is 261 Å². The fraction of sp³-hybridized carbons (Fsp3) is 0.481. The van der Waals surface area contributed by atoms with E-state index in [9.17, 15) is 24.0 Å². The Bertz CT molecular complexity index is 1620. The molecule has 0 spiro atoms. The minimum atomic E-state index is -3.01. The van der Waals surface area contributed by atoms with Gasteiger partial charge in [0.1, 0.15) is 0 Å². The highest BCUT2D eigenvalue weighted by Crippen LogP contribution is 2.38. The van der Waals surface area contributed by atoms with E-state index in [1.54, 1.807) is 29.8 Å². The number of anilines is 3. The molecule has 3 unspecified atom stereocenters. The lowest BCUT2D eigenvalue weighted by Gasteiger charge is -2.20. The average molecular weight is 637 g/mol. The summed E-state index contributed by atoms with van der Waals surface area (Å²) in [6.45, 7) is 3.86. The number of nitrogens with zero attached hydrogens (tertiary/aromatic N) is 6. The van der Waals surface area contributed by atoms with E-state index in [0.717, 1.165) is 39.0 Å². The quantitative estimate of drug-likeness (QED) is 0.136. The first-order valence-electron chi connectivity index (χ1n) is 14.3. The van der Waals surface area contributed by atoms with Crippen LogP contribution < -0.4 is 20.7 Å². The van der Waals surface area contributed by atoms with E-state index in [1.165, 1.54) is 13.2 Å². The Morgan fingerprint density at radius 1 is 1.16 bits per heavy atom. The number of fused-ring (bicyclic) bond motifs is 1. The zero-order valence-electron chi connectivity index (χ0n) is 24.6. The van der Waals surface area contributed by atoms with Crippen molar-refractivity contribution < 1.29 is 33.3 Å². The van der Waals surface area contributed by atoms with Crippen molar-refractivity contribution >= 4 is 47.8 Å². The van der Waals surface area contributed by atoms with Crippen LogP contribution in [0.25, 0.3) is 11.5 Å². The third-order valence-corrected chi connectivity index (χ3v) is 8.98. The highest BCUT2D eigenvalue weighted by Gasteiger charge is 2.41. The monoisotopic (exact) mass is 637 g/mol. The molecule has 45 heavy (non-hydrogen) atoms. The van der Waals surface area contributed by atoms with E-state index in [2.05, 4.69) is 35.9 Å². The number of methoxy groups -OCH3 is 1. The van der Waals surface area contributed by atoms with Gasteiger partial charge in [-0.05, 0) is 36.8 Å². The Morgan fingerprint density at radius 3 is 2.53 bits per heavy atom. The number of carbonyl (C=O) groups excluding carboxylic acids is 2. The second-order valence-corrected chi connectivity index (χ2v) is 12.8. The van der Waals surface area contributed by atoms with Crippen molar-refractivity contribution in [2.75, 3.05) is 50.2 Å². The molecule has 3 atom stereocenters. The van der Waals surface area contributed by atoms with Gasteiger partial charge in [0.15, 0.2) is 36.7 Å². The minimum absolute atomic E-state index is 0.0598. The molecule has 236 valence electrons. The fourth-order valence-electron chi connectivity index (χ4n) is 5.70. The summed E-state index contributed by atoms with van der Waals surface area (Å²) < 4.78 is 25.2. The summed E-state index contributed by atoms with van der Waals surface area (Å²) in [5.74, 6) is -2.36. The van der Waals surface area contributed by atoms with Crippen LogP contribution in [-0.2, 0) is 22.3 Å². The van der Waals surface area contributed by atoms with Gasteiger partial charge in [-0.2, -0.15) is 4.98 Å². The van der Waals surface area contributed by atoms with Crippen LogP contribution in [0.1, 0.15) is 29.2 Å². The predicted molar refractivity (Wildman–Crippen MR) is 161 cm³/mol. The molecule has 0 bridgehead atoms. The van der Waals surface area contributed by atoms with Gasteiger partial charge < -0.3 is 35.4 Å². The van der Waals surface area contributed by atoms with E-state index in [1.807, 2.05) is 4.31 Å². The number of ether oxygens (including phenoxy) is 1. The lowest BCUT2D eigenvalue weighted by Crippen LogP contribution is -2.49. The molecule has 2 aromatic heterocycles. The number of hydrogen-bond donors (Lipinski definition) is 5. The molecule has 3 fully saturated rings. The maximum Gasteiger partial charge on any atom is 0.277 e. The normalized spacial score (nSPS) is 20.9. The van der Waals surface area contributed by atoms with Crippen molar-refractivity contribution in [3.8, 4) is 17.2 Å². The van der Waals surface area contributed by atoms with Gasteiger partial charge in [-0.3, -0.25) is 14.5 Å². The number of benzene rings is 1. The highest BCUT2D eigenvalue weighted by molar-refractivity contribution is 7.81. The largest absolute Gasteiger partial charge is 0.494 e. The molecule has 5 N–H and O–H groups in total. The van der Waals surface area contributed by atoms with Gasteiger partial charge >= 0.3 is 0 Å². The SMILES string of the molecule is [B]C(O)(O)NC(=O)c1nnc(NC(=O)C2CC2)cc1Nc1cccc(-c2nc(CN3CC4CN(S(C)=O)CC4C3)no2)c1OC. The predicted octanol–water partition coefficient (Wildman–Crippen LogP) is -0.221. The van der Waals surface area contributed by atoms with Crippen LogP contribution in [0, 0.1) is 17.8 Å². The second kappa shape index (κ2) is 12.4. The molecular weight excluding hydrogens is 605 g/mol. The summed E-state index contributed by atoms with van der Waals surface area (Å²) in [5.41, 5.74) is 0.564. The molecular formula is C27H32BN9O7S. The highest BCUT2D eigenvalue weighted by atomic mass is 32.2. The van der Waals surface area contributed by atoms with E-state index < -0.39 is 22.7 Å². The number of amides is 2. The molecule has 1 aromatic carbocycles. The Morgan fingerprint density at radius 2 is 1.89 bits per heavy atom. The molecule has 16 nitrogen and oxygen atoms in total. The standard InChI is InChI=1S/C27H32BN9O7S/c1-43-23-17(26-31-21(35-44-26)13-36-9-15-11-37(45(2)42)12-16(15)10-36)4-3-5-18(23)29-19-8-20(30-24(38)14-6-7-14)33-34-22(19)25(39)32-27(28,40)41/h3-5,8,14-16,40-41H,6-7,9-13H2,1-2H3,(H,32,39)(H2,29,30,33,38). The van der Waals surface area contributed by atoms with Gasteiger partial charge in [0, 0.05) is 44.4 Å². The van der Waals surface area contributed by atoms with E-state index in [4.69, 9.17) is 17.1 Å². The van der Waals surface area contributed by atoms with E-state index in [0.29, 0.717) is 41.2 Å². The lowest BCUT2D eigenvalue weighted by molar-refractivity contribution is -0.117. The molecule has 4 heterocycles. The van der Waals surface area contributed by atoms with Crippen molar-refractivity contribution in [1.82, 2.24) is 34.9 Å². The van der Waals surface area contributed by atoms with E-state index in [-0.39, 0.29) is 34.9 Å². The minimum Gasteiger partial charge on any atom is -0.494 e. The third-order valence-electron chi connectivity index (χ3n) is 7.95. The first kappa shape index (κ1) is 31.0. The zero-order chi connectivity index (χ0) is 31.9. The number of aromatic nitrogens is 4. The van der Waals surface area contributed by atoms with Crippen molar-refractivity contribution in [1.29, 1.82) is 0 Å². The van der Waals surface area contributed by atoms with E-state index >= 15 is 0 Å². The van der Waals surface area contributed by atoms with Crippen molar-refractivity contribution in [3.63, 3.8) is 0 Å². The number of hydrogen-bond acceptors (Lipinski definition) is 13. The van der Waals surface area contributed by atoms with Gasteiger partial charge in [-0.25, -0.2) is 8.51 Å². The summed E-state index contributed by atoms with van der Waals surface area (Å²) in [4.78, 5) is 32.0.